The van der Waals surface area contributed by atoms with Gasteiger partial charge in [0, 0.05) is 0 Å². The molecule has 0 aliphatic carbocycles. The highest BCUT2D eigenvalue weighted by Gasteiger charge is 2.25. The van der Waals surface area contributed by atoms with Crippen molar-refractivity contribution in [1.82, 2.24) is 0 Å². The molecule has 0 aromatic rings. The molecule has 3 nitrogen and oxygen atoms in total. The van der Waals surface area contributed by atoms with Crippen LogP contribution in [0.25, 0.3) is 0 Å². The van der Waals surface area contributed by atoms with Crippen LogP contribution >= 0.6 is 0 Å². The Morgan fingerprint density at radius 1 is 1.12 bits per heavy atom. The fraction of sp³-hybridized carbons (Fsp3) is 1.00. The van der Waals surface area contributed by atoms with E-state index in [1.54, 1.807) is 0 Å². The first kappa shape index (κ1) is 15.9. The zero-order valence-electron chi connectivity index (χ0n) is 11.6. The Morgan fingerprint density at radius 2 is 1.69 bits per heavy atom. The molecule has 0 radical (unpaired) electrons. The third-order valence-electron chi connectivity index (χ3n) is 2.61. The molecule has 0 spiro atoms. The van der Waals surface area contributed by atoms with Crippen molar-refractivity contribution < 1.29 is 14.6 Å². The summed E-state index contributed by atoms with van der Waals surface area (Å²) in [6.45, 7) is 13.2. The molecule has 0 aromatic carbocycles. The van der Waals surface area contributed by atoms with Gasteiger partial charge in [0.15, 0.2) is 0 Å². The molecule has 0 aromatic heterocycles. The van der Waals surface area contributed by atoms with Gasteiger partial charge in [-0.05, 0) is 25.7 Å². The molecular weight excluding hydrogens is 204 g/mol. The summed E-state index contributed by atoms with van der Waals surface area (Å²) in [7, 11) is 0. The molecule has 0 rings (SSSR count). The maximum Gasteiger partial charge on any atom is 0.0784 e. The van der Waals surface area contributed by atoms with Gasteiger partial charge in [0.25, 0.3) is 0 Å². The molecule has 0 saturated heterocycles. The number of hydrogen-bond acceptors (Lipinski definition) is 3. The van der Waals surface area contributed by atoms with E-state index in [0.29, 0.717) is 6.61 Å². The van der Waals surface area contributed by atoms with Gasteiger partial charge < -0.3 is 14.6 Å². The minimum atomic E-state index is -0.110. The lowest BCUT2D eigenvalue weighted by molar-refractivity contribution is -0.102. The molecule has 0 amide bonds. The second-order valence-corrected chi connectivity index (χ2v) is 5.54. The van der Waals surface area contributed by atoms with E-state index in [4.69, 9.17) is 14.6 Å². The molecule has 0 aliphatic heterocycles. The van der Waals surface area contributed by atoms with Crippen LogP contribution in [0.1, 0.15) is 48.0 Å². The molecule has 3 atom stereocenters. The van der Waals surface area contributed by atoms with E-state index in [0.717, 1.165) is 6.42 Å². The Hall–Kier alpha value is -0.120. The van der Waals surface area contributed by atoms with Gasteiger partial charge >= 0.3 is 0 Å². The molecule has 0 aliphatic rings. The van der Waals surface area contributed by atoms with Crippen LogP contribution in [-0.2, 0) is 9.47 Å². The fourth-order valence-electron chi connectivity index (χ4n) is 1.58. The third-order valence-corrected chi connectivity index (χ3v) is 2.61. The van der Waals surface area contributed by atoms with Gasteiger partial charge in [0.2, 0.25) is 0 Å². The summed E-state index contributed by atoms with van der Waals surface area (Å²) in [5.74, 6) is 0. The van der Waals surface area contributed by atoms with E-state index in [1.165, 1.54) is 0 Å². The molecule has 3 heteroatoms. The van der Waals surface area contributed by atoms with Crippen LogP contribution in [-0.4, -0.2) is 36.6 Å². The van der Waals surface area contributed by atoms with Crippen LogP contribution in [0.5, 0.6) is 0 Å². The topological polar surface area (TPSA) is 38.7 Å². The lowest BCUT2D eigenvalue weighted by Crippen LogP contribution is -2.34. The van der Waals surface area contributed by atoms with Crippen molar-refractivity contribution in [2.75, 3.05) is 13.2 Å². The van der Waals surface area contributed by atoms with Crippen molar-refractivity contribution in [1.29, 1.82) is 0 Å². The molecule has 16 heavy (non-hydrogen) atoms. The van der Waals surface area contributed by atoms with Gasteiger partial charge in [0.1, 0.15) is 0 Å². The van der Waals surface area contributed by atoms with Crippen LogP contribution in [0.15, 0.2) is 0 Å². The maximum atomic E-state index is 8.84. The normalized spacial score (nSPS) is 18.2. The van der Waals surface area contributed by atoms with Gasteiger partial charge in [-0.1, -0.05) is 27.7 Å². The monoisotopic (exact) mass is 232 g/mol. The zero-order chi connectivity index (χ0) is 12.8. The van der Waals surface area contributed by atoms with Crippen molar-refractivity contribution in [2.45, 2.75) is 66.3 Å². The van der Waals surface area contributed by atoms with Crippen molar-refractivity contribution in [3.8, 4) is 0 Å². The quantitative estimate of drug-likeness (QED) is 0.733. The second kappa shape index (κ2) is 7.25. The molecule has 0 saturated carbocycles. The highest BCUT2D eigenvalue weighted by molar-refractivity contribution is 4.74. The highest BCUT2D eigenvalue weighted by Crippen LogP contribution is 2.25. The van der Waals surface area contributed by atoms with Crippen LogP contribution in [0.2, 0.25) is 0 Å². The van der Waals surface area contributed by atoms with Gasteiger partial charge in [-0.25, -0.2) is 0 Å². The molecule has 0 fully saturated rings. The van der Waals surface area contributed by atoms with Crippen LogP contribution in [0.3, 0.4) is 0 Å². The number of aliphatic hydroxyl groups excluding tert-OH is 1. The van der Waals surface area contributed by atoms with E-state index in [-0.39, 0.29) is 30.3 Å². The van der Waals surface area contributed by atoms with Crippen molar-refractivity contribution in [3.63, 3.8) is 0 Å². The summed E-state index contributed by atoms with van der Waals surface area (Å²) >= 11 is 0. The summed E-state index contributed by atoms with van der Waals surface area (Å²) < 4.78 is 11.4. The summed E-state index contributed by atoms with van der Waals surface area (Å²) in [5.41, 5.74) is 0.158. The molecule has 0 bridgehead atoms. The first-order valence-electron chi connectivity index (χ1n) is 6.19. The Balaban J connectivity index is 3.97. The predicted octanol–water partition coefficient (Wildman–Crippen LogP) is 2.61. The number of ether oxygens (including phenoxy) is 2. The summed E-state index contributed by atoms with van der Waals surface area (Å²) in [6.07, 6.45) is 1.21. The van der Waals surface area contributed by atoms with Crippen molar-refractivity contribution in [2.24, 2.45) is 5.41 Å². The first-order chi connectivity index (χ1) is 7.31. The van der Waals surface area contributed by atoms with E-state index in [2.05, 4.69) is 27.7 Å². The molecule has 3 unspecified atom stereocenters. The minimum absolute atomic E-state index is 0.0587. The molecule has 0 heterocycles. The fourth-order valence-corrected chi connectivity index (χ4v) is 1.58. The van der Waals surface area contributed by atoms with Gasteiger partial charge in [-0.3, -0.25) is 0 Å². The standard InChI is InChI=1S/C13H28O3/c1-7-12(13(4,5)6)16-11(3)9-15-10(2)8-14/h10-12,14H,7-9H2,1-6H3. The molecule has 98 valence electrons. The van der Waals surface area contributed by atoms with Crippen LogP contribution in [0.4, 0.5) is 0 Å². The predicted molar refractivity (Wildman–Crippen MR) is 66.6 cm³/mol. The minimum Gasteiger partial charge on any atom is -0.394 e. The van der Waals surface area contributed by atoms with E-state index < -0.39 is 0 Å². The van der Waals surface area contributed by atoms with Gasteiger partial charge in [-0.15, -0.1) is 0 Å². The maximum absolute atomic E-state index is 8.84. The Morgan fingerprint density at radius 3 is 2.06 bits per heavy atom. The molecule has 1 N–H and O–H groups in total. The number of rotatable bonds is 7. The summed E-state index contributed by atoms with van der Waals surface area (Å²) in [6, 6.07) is 0. The Kier molecular flexibility index (Phi) is 7.20. The van der Waals surface area contributed by atoms with Gasteiger partial charge in [-0.2, -0.15) is 0 Å². The number of aliphatic hydroxyl groups is 1. The summed E-state index contributed by atoms with van der Waals surface area (Å²) in [5, 5.41) is 8.84. The molecular formula is C13H28O3. The summed E-state index contributed by atoms with van der Waals surface area (Å²) in [4.78, 5) is 0. The third kappa shape index (κ3) is 6.46. The first-order valence-corrected chi connectivity index (χ1v) is 6.19. The van der Waals surface area contributed by atoms with Crippen molar-refractivity contribution in [3.05, 3.63) is 0 Å². The van der Waals surface area contributed by atoms with Crippen molar-refractivity contribution >= 4 is 0 Å². The largest absolute Gasteiger partial charge is 0.394 e. The lowest BCUT2D eigenvalue weighted by atomic mass is 9.87. The second-order valence-electron chi connectivity index (χ2n) is 5.54. The SMILES string of the molecule is CCC(OC(C)COC(C)CO)C(C)(C)C. The Labute approximate surface area is 100 Å². The van der Waals surface area contributed by atoms with Crippen LogP contribution < -0.4 is 0 Å². The lowest BCUT2D eigenvalue weighted by Gasteiger charge is -2.32. The number of hydrogen-bond donors (Lipinski definition) is 1. The average molecular weight is 232 g/mol. The van der Waals surface area contributed by atoms with E-state index in [9.17, 15) is 0 Å². The van der Waals surface area contributed by atoms with Crippen LogP contribution in [0, 0.1) is 5.41 Å². The van der Waals surface area contributed by atoms with Gasteiger partial charge in [0.05, 0.1) is 31.5 Å². The van der Waals surface area contributed by atoms with E-state index >= 15 is 0 Å². The zero-order valence-corrected chi connectivity index (χ0v) is 11.6. The Bertz CT molecular complexity index is 175. The highest BCUT2D eigenvalue weighted by atomic mass is 16.5. The smallest absolute Gasteiger partial charge is 0.0784 e. The average Bonchev–Trinajstić information content (AvgIpc) is 2.20. The van der Waals surface area contributed by atoms with E-state index in [1.807, 2.05) is 13.8 Å².